The summed E-state index contributed by atoms with van der Waals surface area (Å²) in [6, 6.07) is 5.67. The van der Waals surface area contributed by atoms with Crippen molar-refractivity contribution in [2.24, 2.45) is 11.7 Å². The van der Waals surface area contributed by atoms with Crippen molar-refractivity contribution in [3.8, 4) is 0 Å². The molecule has 2 amide bonds. The summed E-state index contributed by atoms with van der Waals surface area (Å²) < 4.78 is 5.61. The molecule has 1 heterocycles. The van der Waals surface area contributed by atoms with Crippen molar-refractivity contribution in [1.29, 1.82) is 0 Å². The number of urea groups is 1. The highest BCUT2D eigenvalue weighted by Gasteiger charge is 2.41. The molecular formula is C25H35N3O5. The number of rotatable bonds is 10. The van der Waals surface area contributed by atoms with Gasteiger partial charge in [0.1, 0.15) is 0 Å². The lowest BCUT2D eigenvalue weighted by Crippen LogP contribution is -2.40. The van der Waals surface area contributed by atoms with Crippen LogP contribution in [-0.2, 0) is 9.53 Å². The van der Waals surface area contributed by atoms with E-state index in [2.05, 4.69) is 6.92 Å². The molecule has 2 rings (SSSR count). The van der Waals surface area contributed by atoms with E-state index in [1.807, 2.05) is 13.8 Å². The van der Waals surface area contributed by atoms with Crippen LogP contribution in [-0.4, -0.2) is 28.4 Å². The minimum Gasteiger partial charge on any atom is -0.462 e. The minimum atomic E-state index is -0.714. The van der Waals surface area contributed by atoms with Crippen LogP contribution in [0.1, 0.15) is 78.2 Å². The number of hydrogen-bond acceptors (Lipinski definition) is 5. The van der Waals surface area contributed by atoms with E-state index < -0.39 is 22.8 Å². The molecule has 1 aromatic rings. The lowest BCUT2D eigenvalue weighted by atomic mass is 9.75. The molecule has 2 N–H and O–H groups in total. The lowest BCUT2D eigenvalue weighted by molar-refractivity contribution is -0.385. The second-order valence-corrected chi connectivity index (χ2v) is 8.67. The number of primary amides is 1. The fourth-order valence-corrected chi connectivity index (χ4v) is 4.59. The highest BCUT2D eigenvalue weighted by molar-refractivity contribution is 5.94. The highest BCUT2D eigenvalue weighted by Crippen LogP contribution is 2.47. The van der Waals surface area contributed by atoms with Gasteiger partial charge in [-0.25, -0.2) is 9.59 Å². The standard InChI is InChI=1S/C25H35N3O5/c1-6-7-8-9-12-15-33-24(29)22-18(5)27(25(26)30)17(4)21(16(2)3)23(22)19-13-10-11-14-20(19)28(31)32/h10-11,13-14,16,23H,6-9,12,15H2,1-5H3,(H2,26,30). The summed E-state index contributed by atoms with van der Waals surface area (Å²) in [5, 5.41) is 11.8. The number of allylic oxidation sites excluding steroid dienone is 3. The number of amides is 2. The molecule has 0 aromatic heterocycles. The quantitative estimate of drug-likeness (QED) is 0.207. The molecule has 33 heavy (non-hydrogen) atoms. The molecule has 0 radical (unpaired) electrons. The van der Waals surface area contributed by atoms with Crippen LogP contribution in [0.15, 0.2) is 46.8 Å². The fourth-order valence-electron chi connectivity index (χ4n) is 4.59. The van der Waals surface area contributed by atoms with Gasteiger partial charge in [-0.05, 0) is 31.8 Å². The summed E-state index contributed by atoms with van der Waals surface area (Å²) in [5.74, 6) is -1.40. The van der Waals surface area contributed by atoms with Gasteiger partial charge in [-0.2, -0.15) is 0 Å². The number of nitrogens with two attached hydrogens (primary N) is 1. The van der Waals surface area contributed by atoms with E-state index in [1.54, 1.807) is 32.0 Å². The van der Waals surface area contributed by atoms with Crippen molar-refractivity contribution in [3.63, 3.8) is 0 Å². The molecule has 0 bridgehead atoms. The number of nitrogens with zero attached hydrogens (tertiary/aromatic N) is 2. The molecule has 1 aromatic carbocycles. The van der Waals surface area contributed by atoms with Crippen LogP contribution in [0.4, 0.5) is 10.5 Å². The zero-order valence-corrected chi connectivity index (χ0v) is 20.2. The molecule has 1 unspecified atom stereocenters. The number of hydrogen-bond donors (Lipinski definition) is 1. The van der Waals surface area contributed by atoms with Gasteiger partial charge in [0.2, 0.25) is 0 Å². The van der Waals surface area contributed by atoms with E-state index in [-0.39, 0.29) is 23.8 Å². The maximum absolute atomic E-state index is 13.4. The zero-order chi connectivity index (χ0) is 24.7. The number of carbonyl (C=O) groups excluding carboxylic acids is 2. The van der Waals surface area contributed by atoms with Gasteiger partial charge >= 0.3 is 12.0 Å². The fraction of sp³-hybridized carbons (Fsp3) is 0.520. The van der Waals surface area contributed by atoms with Crippen LogP contribution in [0.2, 0.25) is 0 Å². The van der Waals surface area contributed by atoms with E-state index in [0.29, 0.717) is 17.0 Å². The molecule has 1 aliphatic rings. The zero-order valence-electron chi connectivity index (χ0n) is 20.2. The average molecular weight is 458 g/mol. The van der Waals surface area contributed by atoms with E-state index in [9.17, 15) is 19.7 Å². The van der Waals surface area contributed by atoms with E-state index >= 15 is 0 Å². The molecule has 0 saturated carbocycles. The third kappa shape index (κ3) is 5.80. The SMILES string of the molecule is CCCCCCCOC(=O)C1=C(C)N(C(N)=O)C(C)=C(C(C)C)C1c1ccccc1[N+](=O)[O-]. The molecule has 0 fully saturated rings. The smallest absolute Gasteiger partial charge is 0.336 e. The number of para-hydroxylation sites is 1. The molecule has 0 spiro atoms. The molecule has 1 aliphatic heterocycles. The van der Waals surface area contributed by atoms with Crippen LogP contribution in [0.5, 0.6) is 0 Å². The summed E-state index contributed by atoms with van der Waals surface area (Å²) in [5.41, 5.74) is 7.82. The first kappa shape index (κ1) is 26.1. The Morgan fingerprint density at radius 3 is 2.33 bits per heavy atom. The van der Waals surface area contributed by atoms with Crippen LogP contribution in [0, 0.1) is 16.0 Å². The molecule has 0 aliphatic carbocycles. The van der Waals surface area contributed by atoms with Gasteiger partial charge in [0.25, 0.3) is 5.69 Å². The Kier molecular flexibility index (Phi) is 9.20. The van der Waals surface area contributed by atoms with Gasteiger partial charge in [-0.15, -0.1) is 0 Å². The molecule has 8 heteroatoms. The van der Waals surface area contributed by atoms with Gasteiger partial charge < -0.3 is 10.5 Å². The van der Waals surface area contributed by atoms with Crippen LogP contribution in [0.3, 0.4) is 0 Å². The van der Waals surface area contributed by atoms with Crippen LogP contribution >= 0.6 is 0 Å². The lowest BCUT2D eigenvalue weighted by Gasteiger charge is -2.38. The Balaban J connectivity index is 2.57. The van der Waals surface area contributed by atoms with E-state index in [1.165, 1.54) is 11.0 Å². The first-order valence-corrected chi connectivity index (χ1v) is 11.5. The van der Waals surface area contributed by atoms with Crippen molar-refractivity contribution in [3.05, 3.63) is 62.5 Å². The average Bonchev–Trinajstić information content (AvgIpc) is 2.74. The number of carbonyl (C=O) groups is 2. The number of ether oxygens (including phenoxy) is 1. The van der Waals surface area contributed by atoms with Gasteiger partial charge in [-0.1, -0.05) is 64.7 Å². The van der Waals surface area contributed by atoms with Crippen LogP contribution < -0.4 is 5.73 Å². The minimum absolute atomic E-state index is 0.0846. The van der Waals surface area contributed by atoms with Crippen molar-refractivity contribution < 1.29 is 19.2 Å². The predicted octanol–water partition coefficient (Wildman–Crippen LogP) is 5.79. The summed E-state index contributed by atoms with van der Waals surface area (Å²) in [7, 11) is 0. The van der Waals surface area contributed by atoms with Crippen molar-refractivity contribution in [1.82, 2.24) is 4.90 Å². The third-order valence-electron chi connectivity index (χ3n) is 6.07. The summed E-state index contributed by atoms with van der Waals surface area (Å²) in [4.78, 5) is 38.3. The Morgan fingerprint density at radius 1 is 1.12 bits per heavy atom. The molecule has 1 atom stereocenters. The monoisotopic (exact) mass is 457 g/mol. The summed E-state index contributed by atoms with van der Waals surface area (Å²) in [6.07, 6.45) is 5.02. The topological polar surface area (TPSA) is 116 Å². The number of esters is 1. The molecule has 180 valence electrons. The second kappa shape index (κ2) is 11.6. The summed E-state index contributed by atoms with van der Waals surface area (Å²) >= 11 is 0. The third-order valence-corrected chi connectivity index (χ3v) is 6.07. The Morgan fingerprint density at radius 2 is 1.76 bits per heavy atom. The maximum Gasteiger partial charge on any atom is 0.336 e. The Labute approximate surface area is 195 Å². The van der Waals surface area contributed by atoms with Gasteiger partial charge in [0.15, 0.2) is 0 Å². The van der Waals surface area contributed by atoms with Gasteiger partial charge in [0.05, 0.1) is 17.1 Å². The number of benzene rings is 1. The van der Waals surface area contributed by atoms with E-state index in [4.69, 9.17) is 10.5 Å². The van der Waals surface area contributed by atoms with Gasteiger partial charge in [0, 0.05) is 28.9 Å². The largest absolute Gasteiger partial charge is 0.462 e. The second-order valence-electron chi connectivity index (χ2n) is 8.67. The highest BCUT2D eigenvalue weighted by atomic mass is 16.6. The number of unbranched alkanes of at least 4 members (excludes halogenated alkanes) is 4. The molecular weight excluding hydrogens is 422 g/mol. The van der Waals surface area contributed by atoms with Crippen molar-refractivity contribution >= 4 is 17.7 Å². The number of nitro benzene ring substituents is 1. The van der Waals surface area contributed by atoms with Crippen molar-refractivity contribution in [2.45, 2.75) is 72.6 Å². The first-order chi connectivity index (χ1) is 15.6. The Hall–Kier alpha value is -3.16. The Bertz CT molecular complexity index is 965. The van der Waals surface area contributed by atoms with Crippen molar-refractivity contribution in [2.75, 3.05) is 6.61 Å². The summed E-state index contributed by atoms with van der Waals surface area (Å²) in [6.45, 7) is 9.62. The maximum atomic E-state index is 13.4. The van der Waals surface area contributed by atoms with Crippen LogP contribution in [0.25, 0.3) is 0 Å². The predicted molar refractivity (Wildman–Crippen MR) is 127 cm³/mol. The number of nitro groups is 1. The molecule has 0 saturated heterocycles. The normalized spacial score (nSPS) is 16.4. The van der Waals surface area contributed by atoms with Gasteiger partial charge in [-0.3, -0.25) is 15.0 Å². The molecule has 8 nitrogen and oxygen atoms in total. The first-order valence-electron chi connectivity index (χ1n) is 11.5. The van der Waals surface area contributed by atoms with E-state index in [0.717, 1.165) is 37.7 Å².